The molecule has 1 aromatic heterocycles. The van der Waals surface area contributed by atoms with Gasteiger partial charge in [0.15, 0.2) is 0 Å². The van der Waals surface area contributed by atoms with E-state index in [9.17, 15) is 9.59 Å². The average Bonchev–Trinajstić information content (AvgIpc) is 2.58. The molecule has 0 aromatic carbocycles. The maximum atomic E-state index is 12.3. The molecule has 1 aliphatic rings. The first-order valence-electron chi connectivity index (χ1n) is 8.55. The fraction of sp³-hybridized carbons (Fsp3) is 0.611. The molecule has 2 amide bonds. The van der Waals surface area contributed by atoms with Gasteiger partial charge >= 0.3 is 6.09 Å². The van der Waals surface area contributed by atoms with E-state index in [0.29, 0.717) is 37.0 Å². The molecule has 0 saturated carbocycles. The highest BCUT2D eigenvalue weighted by molar-refractivity contribution is 5.96. The summed E-state index contributed by atoms with van der Waals surface area (Å²) in [6.07, 6.45) is 2.99. The zero-order chi connectivity index (χ0) is 18.4. The molecule has 1 N–H and O–H groups in total. The van der Waals surface area contributed by atoms with Crippen LogP contribution in [0.1, 0.15) is 44.0 Å². The number of pyridine rings is 1. The fourth-order valence-corrected chi connectivity index (χ4v) is 2.70. The summed E-state index contributed by atoms with van der Waals surface area (Å²) in [5.74, 6) is 0.463. The predicted molar refractivity (Wildman–Crippen MR) is 93.7 cm³/mol. The van der Waals surface area contributed by atoms with E-state index in [4.69, 9.17) is 9.47 Å². The third-order valence-electron chi connectivity index (χ3n) is 4.03. The number of methoxy groups -OCH3 is 1. The van der Waals surface area contributed by atoms with E-state index in [-0.39, 0.29) is 12.0 Å². The minimum atomic E-state index is -0.481. The molecule has 0 radical (unpaired) electrons. The number of piperidine rings is 1. The first kappa shape index (κ1) is 19.0. The summed E-state index contributed by atoms with van der Waals surface area (Å²) < 4.78 is 10.5. The number of nitrogens with zero attached hydrogens (tertiary/aromatic N) is 2. The van der Waals surface area contributed by atoms with Crippen molar-refractivity contribution in [3.63, 3.8) is 0 Å². The highest BCUT2D eigenvalue weighted by Crippen LogP contribution is 2.20. The summed E-state index contributed by atoms with van der Waals surface area (Å²) in [6.45, 7) is 7.44. The van der Waals surface area contributed by atoms with Gasteiger partial charge in [0.05, 0.1) is 7.11 Å². The predicted octanol–water partition coefficient (Wildman–Crippen LogP) is 2.47. The Morgan fingerprint density at radius 1 is 1.32 bits per heavy atom. The molecule has 7 nitrogen and oxygen atoms in total. The molecule has 2 rings (SSSR count). The van der Waals surface area contributed by atoms with Crippen LogP contribution in [-0.4, -0.2) is 54.2 Å². The van der Waals surface area contributed by atoms with Crippen LogP contribution in [0.5, 0.6) is 5.88 Å². The Balaban J connectivity index is 1.79. The molecular weight excluding hydrogens is 322 g/mol. The van der Waals surface area contributed by atoms with Crippen LogP contribution in [-0.2, 0) is 4.74 Å². The summed E-state index contributed by atoms with van der Waals surface area (Å²) in [4.78, 5) is 30.1. The van der Waals surface area contributed by atoms with Gasteiger partial charge in [-0.3, -0.25) is 4.79 Å². The molecule has 0 bridgehead atoms. The Morgan fingerprint density at radius 3 is 2.60 bits per heavy atom. The normalized spacial score (nSPS) is 15.6. The second-order valence-electron chi connectivity index (χ2n) is 7.18. The van der Waals surface area contributed by atoms with Crippen LogP contribution >= 0.6 is 0 Å². The highest BCUT2D eigenvalue weighted by atomic mass is 16.6. The third-order valence-corrected chi connectivity index (χ3v) is 4.03. The van der Waals surface area contributed by atoms with Gasteiger partial charge in [0.25, 0.3) is 5.91 Å². The van der Waals surface area contributed by atoms with Gasteiger partial charge in [0, 0.05) is 25.8 Å². The van der Waals surface area contributed by atoms with Crippen LogP contribution < -0.4 is 10.1 Å². The number of likely N-dealkylation sites (tertiary alicyclic amines) is 1. The quantitative estimate of drug-likeness (QED) is 0.903. The summed E-state index contributed by atoms with van der Waals surface area (Å²) in [5.41, 5.74) is -0.0544. The van der Waals surface area contributed by atoms with E-state index >= 15 is 0 Å². The Labute approximate surface area is 148 Å². The average molecular weight is 349 g/mol. The van der Waals surface area contributed by atoms with Gasteiger partial charge in [-0.2, -0.15) is 0 Å². The molecule has 0 atom stereocenters. The SMILES string of the molecule is COc1ncccc1C(=O)NCC1CCN(C(=O)OC(C)(C)C)CC1. The standard InChI is InChI=1S/C18H27N3O4/c1-18(2,3)25-17(23)21-10-7-13(8-11-21)12-20-15(22)14-6-5-9-19-16(14)24-4/h5-6,9,13H,7-8,10-12H2,1-4H3,(H,20,22). The van der Waals surface area contributed by atoms with E-state index in [0.717, 1.165) is 12.8 Å². The Bertz CT molecular complexity index is 605. The third kappa shape index (κ3) is 5.62. The Kier molecular flexibility index (Phi) is 6.22. The van der Waals surface area contributed by atoms with Crippen LogP contribution in [0.2, 0.25) is 0 Å². The first-order chi connectivity index (χ1) is 11.8. The lowest BCUT2D eigenvalue weighted by molar-refractivity contribution is 0.0183. The van der Waals surface area contributed by atoms with Gasteiger partial charge in [0.1, 0.15) is 11.2 Å². The molecule has 138 valence electrons. The molecular formula is C18H27N3O4. The van der Waals surface area contributed by atoms with Gasteiger partial charge in [-0.1, -0.05) is 0 Å². The van der Waals surface area contributed by atoms with Crippen LogP contribution in [0.25, 0.3) is 0 Å². The summed E-state index contributed by atoms with van der Waals surface area (Å²) >= 11 is 0. The lowest BCUT2D eigenvalue weighted by Crippen LogP contribution is -2.43. The van der Waals surface area contributed by atoms with Crippen molar-refractivity contribution in [2.24, 2.45) is 5.92 Å². The van der Waals surface area contributed by atoms with Crippen LogP contribution in [0.4, 0.5) is 4.79 Å². The van der Waals surface area contributed by atoms with E-state index in [1.54, 1.807) is 23.2 Å². The number of nitrogens with one attached hydrogen (secondary N) is 1. The number of carbonyl (C=O) groups excluding carboxylic acids is 2. The van der Waals surface area contributed by atoms with Crippen LogP contribution in [0.15, 0.2) is 18.3 Å². The second kappa shape index (κ2) is 8.18. The van der Waals surface area contributed by atoms with E-state index < -0.39 is 5.60 Å². The van der Waals surface area contributed by atoms with Crippen LogP contribution in [0, 0.1) is 5.92 Å². The minimum Gasteiger partial charge on any atom is -0.480 e. The summed E-state index contributed by atoms with van der Waals surface area (Å²) in [7, 11) is 1.49. The summed E-state index contributed by atoms with van der Waals surface area (Å²) in [5, 5.41) is 2.93. The van der Waals surface area contributed by atoms with Gasteiger partial charge in [-0.15, -0.1) is 0 Å². The Morgan fingerprint density at radius 2 is 2.00 bits per heavy atom. The molecule has 0 spiro atoms. The van der Waals surface area contributed by atoms with Crippen molar-refractivity contribution in [1.29, 1.82) is 0 Å². The smallest absolute Gasteiger partial charge is 0.410 e. The topological polar surface area (TPSA) is 80.8 Å². The molecule has 25 heavy (non-hydrogen) atoms. The lowest BCUT2D eigenvalue weighted by atomic mass is 9.97. The molecule has 1 aliphatic heterocycles. The maximum absolute atomic E-state index is 12.3. The fourth-order valence-electron chi connectivity index (χ4n) is 2.70. The van der Waals surface area contributed by atoms with Gasteiger partial charge in [0.2, 0.25) is 5.88 Å². The molecule has 2 heterocycles. The molecule has 1 saturated heterocycles. The number of rotatable bonds is 4. The van der Waals surface area contributed by atoms with E-state index in [1.165, 1.54) is 7.11 Å². The molecule has 0 unspecified atom stereocenters. The number of hydrogen-bond acceptors (Lipinski definition) is 5. The lowest BCUT2D eigenvalue weighted by Gasteiger charge is -2.33. The van der Waals surface area contributed by atoms with Crippen molar-refractivity contribution in [2.75, 3.05) is 26.7 Å². The monoisotopic (exact) mass is 349 g/mol. The van der Waals surface area contributed by atoms with Crippen molar-refractivity contribution in [1.82, 2.24) is 15.2 Å². The van der Waals surface area contributed by atoms with Gasteiger partial charge < -0.3 is 19.7 Å². The molecule has 1 fully saturated rings. The van der Waals surface area contributed by atoms with E-state index in [2.05, 4.69) is 10.3 Å². The molecule has 0 aliphatic carbocycles. The summed E-state index contributed by atoms with van der Waals surface area (Å²) in [6, 6.07) is 3.39. The number of hydrogen-bond donors (Lipinski definition) is 1. The van der Waals surface area contributed by atoms with Crippen molar-refractivity contribution in [2.45, 2.75) is 39.2 Å². The largest absolute Gasteiger partial charge is 0.480 e. The Hall–Kier alpha value is -2.31. The number of amides is 2. The van der Waals surface area contributed by atoms with E-state index in [1.807, 2.05) is 20.8 Å². The number of ether oxygens (including phenoxy) is 2. The van der Waals surface area contributed by atoms with Gasteiger partial charge in [-0.25, -0.2) is 9.78 Å². The van der Waals surface area contributed by atoms with Crippen molar-refractivity contribution >= 4 is 12.0 Å². The van der Waals surface area contributed by atoms with Crippen molar-refractivity contribution in [3.8, 4) is 5.88 Å². The van der Waals surface area contributed by atoms with Crippen molar-refractivity contribution in [3.05, 3.63) is 23.9 Å². The van der Waals surface area contributed by atoms with Crippen molar-refractivity contribution < 1.29 is 19.1 Å². The first-order valence-corrected chi connectivity index (χ1v) is 8.55. The second-order valence-corrected chi connectivity index (χ2v) is 7.18. The molecule has 7 heteroatoms. The number of carbonyl (C=O) groups is 2. The zero-order valence-electron chi connectivity index (χ0n) is 15.4. The van der Waals surface area contributed by atoms with Gasteiger partial charge in [-0.05, 0) is 51.7 Å². The van der Waals surface area contributed by atoms with Crippen LogP contribution in [0.3, 0.4) is 0 Å². The minimum absolute atomic E-state index is 0.195. The maximum Gasteiger partial charge on any atom is 0.410 e. The number of aromatic nitrogens is 1. The molecule has 1 aromatic rings. The highest BCUT2D eigenvalue weighted by Gasteiger charge is 2.27. The zero-order valence-corrected chi connectivity index (χ0v) is 15.4.